The molecule has 0 saturated heterocycles. The molecule has 0 spiro atoms. The summed E-state index contributed by atoms with van der Waals surface area (Å²) in [5.74, 6) is 1.18. The molecule has 27 heavy (non-hydrogen) atoms. The highest BCUT2D eigenvalue weighted by Gasteiger charge is 2.16. The van der Waals surface area contributed by atoms with Gasteiger partial charge in [0.05, 0.1) is 28.2 Å². The number of H-pyrrole nitrogens is 1. The Balaban J connectivity index is 1.43. The largest absolute Gasteiger partial charge is 0.476 e. The third kappa shape index (κ3) is 2.96. The van der Waals surface area contributed by atoms with Crippen molar-refractivity contribution >= 4 is 43.9 Å². The molecule has 8 heteroatoms. The third-order valence-corrected chi connectivity index (χ3v) is 6.04. The maximum absolute atomic E-state index is 6.04. The van der Waals surface area contributed by atoms with Crippen LogP contribution in [-0.2, 0) is 6.42 Å². The zero-order valence-electron chi connectivity index (χ0n) is 14.5. The Bertz CT molecular complexity index is 1240. The standard InChI is InChI=1S/C19H15N5OS2/c1-11-16(26-9-21-11)17-23-18(15-19(24-17)27-10-22-15)25-7-6-12-8-20-14-5-3-2-4-13(12)14/h2-5,8-10,20H,6-7H2,1H3. The van der Waals surface area contributed by atoms with Crippen LogP contribution in [-0.4, -0.2) is 31.5 Å². The van der Waals surface area contributed by atoms with Gasteiger partial charge in [0.25, 0.3) is 0 Å². The third-order valence-electron chi connectivity index (χ3n) is 4.40. The van der Waals surface area contributed by atoms with Crippen LogP contribution in [0.15, 0.2) is 41.5 Å². The Morgan fingerprint density at radius 3 is 2.85 bits per heavy atom. The Morgan fingerprint density at radius 1 is 1.07 bits per heavy atom. The van der Waals surface area contributed by atoms with Gasteiger partial charge in [-0.25, -0.2) is 15.0 Å². The van der Waals surface area contributed by atoms with Crippen LogP contribution < -0.4 is 4.74 Å². The number of rotatable bonds is 5. The number of thiazole rings is 2. The fourth-order valence-electron chi connectivity index (χ4n) is 3.05. The first-order chi connectivity index (χ1) is 13.3. The van der Waals surface area contributed by atoms with E-state index in [4.69, 9.17) is 4.74 Å². The molecule has 134 valence electrons. The number of benzene rings is 1. The minimum absolute atomic E-state index is 0.520. The van der Waals surface area contributed by atoms with Gasteiger partial charge >= 0.3 is 0 Å². The van der Waals surface area contributed by atoms with Crippen molar-refractivity contribution in [3.05, 3.63) is 52.7 Å². The van der Waals surface area contributed by atoms with E-state index in [9.17, 15) is 0 Å². The molecule has 0 atom stereocenters. The lowest BCUT2D eigenvalue weighted by Crippen LogP contribution is -2.04. The molecule has 0 bridgehead atoms. The first-order valence-corrected chi connectivity index (χ1v) is 10.2. The van der Waals surface area contributed by atoms with Crippen molar-refractivity contribution in [3.8, 4) is 16.6 Å². The van der Waals surface area contributed by atoms with Gasteiger partial charge in [-0.1, -0.05) is 18.2 Å². The summed E-state index contributed by atoms with van der Waals surface area (Å²) >= 11 is 3.02. The number of aryl methyl sites for hydroxylation is 1. The molecule has 0 fully saturated rings. The van der Waals surface area contributed by atoms with Gasteiger partial charge in [0, 0.05) is 23.5 Å². The van der Waals surface area contributed by atoms with E-state index in [0.717, 1.165) is 27.3 Å². The van der Waals surface area contributed by atoms with E-state index in [-0.39, 0.29) is 0 Å². The molecule has 0 unspecified atom stereocenters. The van der Waals surface area contributed by atoms with Crippen LogP contribution >= 0.6 is 22.7 Å². The predicted molar refractivity (Wildman–Crippen MR) is 109 cm³/mol. The van der Waals surface area contributed by atoms with Crippen LogP contribution in [0.2, 0.25) is 0 Å². The normalized spacial score (nSPS) is 11.4. The number of nitrogens with one attached hydrogen (secondary N) is 1. The molecular weight excluding hydrogens is 378 g/mol. The van der Waals surface area contributed by atoms with Crippen molar-refractivity contribution in [2.75, 3.05) is 6.61 Å². The summed E-state index contributed by atoms with van der Waals surface area (Å²) in [5, 5.41) is 1.23. The molecule has 0 amide bonds. The molecule has 0 aliphatic carbocycles. The molecule has 1 N–H and O–H groups in total. The van der Waals surface area contributed by atoms with E-state index < -0.39 is 0 Å². The van der Waals surface area contributed by atoms with Crippen LogP contribution in [0.1, 0.15) is 11.3 Å². The van der Waals surface area contributed by atoms with Crippen LogP contribution in [0.3, 0.4) is 0 Å². The summed E-state index contributed by atoms with van der Waals surface area (Å²) in [6, 6.07) is 8.27. The van der Waals surface area contributed by atoms with Crippen molar-refractivity contribution in [2.24, 2.45) is 0 Å². The summed E-state index contributed by atoms with van der Waals surface area (Å²) in [5.41, 5.74) is 7.59. The van der Waals surface area contributed by atoms with E-state index in [1.807, 2.05) is 30.8 Å². The second-order valence-electron chi connectivity index (χ2n) is 6.08. The van der Waals surface area contributed by atoms with Crippen molar-refractivity contribution < 1.29 is 4.74 Å². The molecule has 0 saturated carbocycles. The second kappa shape index (κ2) is 6.71. The maximum Gasteiger partial charge on any atom is 0.245 e. The van der Waals surface area contributed by atoms with Gasteiger partial charge in [-0.15, -0.1) is 22.7 Å². The molecule has 0 aliphatic rings. The van der Waals surface area contributed by atoms with E-state index in [2.05, 4.69) is 37.1 Å². The lowest BCUT2D eigenvalue weighted by molar-refractivity contribution is 0.313. The van der Waals surface area contributed by atoms with Gasteiger partial charge in [0.15, 0.2) is 16.2 Å². The second-order valence-corrected chi connectivity index (χ2v) is 7.77. The molecule has 0 radical (unpaired) electrons. The zero-order valence-corrected chi connectivity index (χ0v) is 16.1. The van der Waals surface area contributed by atoms with Crippen molar-refractivity contribution in [3.63, 3.8) is 0 Å². The Morgan fingerprint density at radius 2 is 1.96 bits per heavy atom. The molecule has 5 rings (SSSR count). The van der Waals surface area contributed by atoms with E-state index in [0.29, 0.717) is 23.8 Å². The van der Waals surface area contributed by atoms with Gasteiger partial charge in [-0.2, -0.15) is 4.98 Å². The SMILES string of the molecule is Cc1ncsc1-c1nc(OCCc2c[nH]c3ccccc23)c2ncsc2n1. The first kappa shape index (κ1) is 16.3. The lowest BCUT2D eigenvalue weighted by atomic mass is 10.1. The average molecular weight is 393 g/mol. The van der Waals surface area contributed by atoms with Crippen LogP contribution in [0.5, 0.6) is 5.88 Å². The lowest BCUT2D eigenvalue weighted by Gasteiger charge is -2.07. The smallest absolute Gasteiger partial charge is 0.245 e. The summed E-state index contributed by atoms with van der Waals surface area (Å²) in [4.78, 5) is 23.0. The Hall–Kier alpha value is -2.84. The highest BCUT2D eigenvalue weighted by molar-refractivity contribution is 7.16. The van der Waals surface area contributed by atoms with Gasteiger partial charge in [0.1, 0.15) is 0 Å². The van der Waals surface area contributed by atoms with Crippen molar-refractivity contribution in [1.82, 2.24) is 24.9 Å². The van der Waals surface area contributed by atoms with Gasteiger partial charge in [0.2, 0.25) is 5.88 Å². The van der Waals surface area contributed by atoms with Gasteiger partial charge in [-0.05, 0) is 18.6 Å². The maximum atomic E-state index is 6.04. The monoisotopic (exact) mass is 393 g/mol. The van der Waals surface area contributed by atoms with Crippen LogP contribution in [0, 0.1) is 6.92 Å². The summed E-state index contributed by atoms with van der Waals surface area (Å²) in [6.07, 6.45) is 2.83. The number of hydrogen-bond acceptors (Lipinski definition) is 7. The van der Waals surface area contributed by atoms with E-state index >= 15 is 0 Å². The number of fused-ring (bicyclic) bond motifs is 2. The molecule has 4 aromatic heterocycles. The topological polar surface area (TPSA) is 76.6 Å². The van der Waals surface area contributed by atoms with Gasteiger partial charge < -0.3 is 9.72 Å². The summed E-state index contributed by atoms with van der Waals surface area (Å²) < 4.78 is 6.04. The number of nitrogens with zero attached hydrogens (tertiary/aromatic N) is 4. The highest BCUT2D eigenvalue weighted by Crippen LogP contribution is 2.31. The van der Waals surface area contributed by atoms with Crippen molar-refractivity contribution in [1.29, 1.82) is 0 Å². The molecule has 1 aromatic carbocycles. The average Bonchev–Trinajstić information content (AvgIpc) is 3.41. The fraction of sp³-hybridized carbons (Fsp3) is 0.158. The number of para-hydroxylation sites is 1. The summed E-state index contributed by atoms with van der Waals surface area (Å²) in [7, 11) is 0. The number of ether oxygens (including phenoxy) is 1. The number of aromatic nitrogens is 5. The number of hydrogen-bond donors (Lipinski definition) is 1. The quantitative estimate of drug-likeness (QED) is 0.471. The Labute approximate surface area is 162 Å². The van der Waals surface area contributed by atoms with Crippen molar-refractivity contribution in [2.45, 2.75) is 13.3 Å². The van der Waals surface area contributed by atoms with Crippen LogP contribution in [0.25, 0.3) is 32.0 Å². The first-order valence-electron chi connectivity index (χ1n) is 8.49. The zero-order chi connectivity index (χ0) is 18.2. The van der Waals surface area contributed by atoms with E-state index in [1.54, 1.807) is 5.51 Å². The van der Waals surface area contributed by atoms with E-state index in [1.165, 1.54) is 33.6 Å². The van der Waals surface area contributed by atoms with Crippen LogP contribution in [0.4, 0.5) is 0 Å². The molecule has 0 aliphatic heterocycles. The molecule has 6 nitrogen and oxygen atoms in total. The molecule has 5 aromatic rings. The van der Waals surface area contributed by atoms with Gasteiger partial charge in [-0.3, -0.25) is 0 Å². The predicted octanol–water partition coefficient (Wildman–Crippen LogP) is 4.62. The summed E-state index contributed by atoms with van der Waals surface area (Å²) in [6.45, 7) is 2.48. The highest BCUT2D eigenvalue weighted by atomic mass is 32.1. The minimum atomic E-state index is 0.520. The minimum Gasteiger partial charge on any atom is -0.476 e. The fourth-order valence-corrected chi connectivity index (χ4v) is 4.44. The number of aromatic amines is 1. The molecule has 4 heterocycles. The molecular formula is C19H15N5OS2. The Kier molecular flexibility index (Phi) is 4.06.